The van der Waals surface area contributed by atoms with Gasteiger partial charge in [-0.3, -0.25) is 4.79 Å². The number of hydrogen-bond donors (Lipinski definition) is 1. The number of nitrogens with one attached hydrogen (secondary N) is 1. The molecule has 0 saturated carbocycles. The largest absolute Gasteiger partial charge is 0.309 e. The van der Waals surface area contributed by atoms with E-state index in [-0.39, 0.29) is 5.56 Å². The summed E-state index contributed by atoms with van der Waals surface area (Å²) in [5, 5.41) is 0. The summed E-state index contributed by atoms with van der Waals surface area (Å²) in [5.41, 5.74) is 1.97. The third-order valence-electron chi connectivity index (χ3n) is 2.31. The van der Waals surface area contributed by atoms with Gasteiger partial charge < -0.3 is 9.38 Å². The van der Waals surface area contributed by atoms with Crippen molar-refractivity contribution in [3.63, 3.8) is 0 Å². The predicted molar refractivity (Wildman–Crippen MR) is 61.0 cm³/mol. The number of halogens is 1. The third-order valence-corrected chi connectivity index (χ3v) is 2.75. The van der Waals surface area contributed by atoms with Gasteiger partial charge in [0.15, 0.2) is 5.65 Å². The number of nitrogens with zero attached hydrogens (tertiary/aromatic N) is 2. The Morgan fingerprint density at radius 1 is 1.27 bits per heavy atom. The Labute approximate surface area is 92.7 Å². The second-order valence-corrected chi connectivity index (χ2v) is 4.03. The van der Waals surface area contributed by atoms with Gasteiger partial charge in [0, 0.05) is 6.20 Å². The lowest BCUT2D eigenvalue weighted by Gasteiger charge is -2.01. The summed E-state index contributed by atoms with van der Waals surface area (Å²) >= 11 is 3.27. The first-order valence-electron chi connectivity index (χ1n) is 4.41. The summed E-state index contributed by atoms with van der Waals surface area (Å²) in [5.74, 6) is 0. The van der Waals surface area contributed by atoms with Gasteiger partial charge in [-0.1, -0.05) is 0 Å². The summed E-state index contributed by atoms with van der Waals surface area (Å²) in [6.45, 7) is 0. The summed E-state index contributed by atoms with van der Waals surface area (Å²) in [7, 11) is 0. The van der Waals surface area contributed by atoms with Gasteiger partial charge in [0.1, 0.15) is 10.1 Å². The van der Waals surface area contributed by atoms with Crippen LogP contribution in [0.3, 0.4) is 0 Å². The van der Waals surface area contributed by atoms with Crippen LogP contribution in [-0.4, -0.2) is 14.4 Å². The lowest BCUT2D eigenvalue weighted by atomic mass is 10.4. The van der Waals surface area contributed by atoms with Gasteiger partial charge in [-0.05, 0) is 40.2 Å². The molecule has 0 aliphatic heterocycles. The first-order chi connectivity index (χ1) is 7.25. The smallest absolute Gasteiger partial charge is 0.273 e. The Kier molecular flexibility index (Phi) is 1.70. The van der Waals surface area contributed by atoms with E-state index in [1.807, 2.05) is 28.8 Å². The molecule has 0 aromatic carbocycles. The molecule has 0 radical (unpaired) electrons. The Morgan fingerprint density at radius 2 is 2.13 bits per heavy atom. The fraction of sp³-hybridized carbons (Fsp3) is 0. The lowest BCUT2D eigenvalue weighted by Crippen LogP contribution is -2.10. The topological polar surface area (TPSA) is 50.2 Å². The van der Waals surface area contributed by atoms with E-state index in [2.05, 4.69) is 25.9 Å². The quantitative estimate of drug-likeness (QED) is 0.631. The molecule has 0 fully saturated rings. The second-order valence-electron chi connectivity index (χ2n) is 3.22. The highest BCUT2D eigenvalue weighted by Gasteiger charge is 2.04. The Hall–Kier alpha value is -1.62. The van der Waals surface area contributed by atoms with Crippen molar-refractivity contribution in [3.05, 3.63) is 45.4 Å². The zero-order valence-electron chi connectivity index (χ0n) is 7.57. The lowest BCUT2D eigenvalue weighted by molar-refractivity contribution is 1.14. The molecule has 5 heteroatoms. The number of pyridine rings is 1. The number of fused-ring (bicyclic) bond motifs is 3. The minimum absolute atomic E-state index is 0.127. The molecule has 0 unspecified atom stereocenters. The highest BCUT2D eigenvalue weighted by atomic mass is 79.9. The van der Waals surface area contributed by atoms with Crippen molar-refractivity contribution in [3.8, 4) is 0 Å². The highest BCUT2D eigenvalue weighted by Crippen LogP contribution is 2.14. The molecule has 3 rings (SSSR count). The monoisotopic (exact) mass is 263 g/mol. The van der Waals surface area contributed by atoms with E-state index in [1.165, 1.54) is 0 Å². The van der Waals surface area contributed by atoms with Crippen molar-refractivity contribution in [2.75, 3.05) is 0 Å². The zero-order valence-corrected chi connectivity index (χ0v) is 9.15. The number of rotatable bonds is 0. The SMILES string of the molecule is O=c1[nH]c2nc(Br)ccc2n2cccc12. The first-order valence-corrected chi connectivity index (χ1v) is 5.20. The summed E-state index contributed by atoms with van der Waals surface area (Å²) in [6.07, 6.45) is 1.85. The predicted octanol–water partition coefficient (Wildman–Crippen LogP) is 1.94. The molecule has 0 aliphatic rings. The summed E-state index contributed by atoms with van der Waals surface area (Å²) in [4.78, 5) is 18.6. The number of hydrogen-bond acceptors (Lipinski definition) is 2. The van der Waals surface area contributed by atoms with Crippen molar-refractivity contribution in [2.45, 2.75) is 0 Å². The number of H-pyrrole nitrogens is 1. The van der Waals surface area contributed by atoms with Crippen LogP contribution in [0.5, 0.6) is 0 Å². The van der Waals surface area contributed by atoms with Crippen LogP contribution < -0.4 is 5.56 Å². The van der Waals surface area contributed by atoms with Crippen LogP contribution in [0.4, 0.5) is 0 Å². The van der Waals surface area contributed by atoms with Crippen LogP contribution >= 0.6 is 15.9 Å². The van der Waals surface area contributed by atoms with Gasteiger partial charge in [0.05, 0.1) is 5.52 Å². The Bertz CT molecular complexity index is 713. The van der Waals surface area contributed by atoms with Gasteiger partial charge in [-0.25, -0.2) is 4.98 Å². The normalized spacial score (nSPS) is 11.3. The fourth-order valence-corrected chi connectivity index (χ4v) is 1.97. The maximum absolute atomic E-state index is 11.6. The maximum atomic E-state index is 11.6. The van der Waals surface area contributed by atoms with Crippen molar-refractivity contribution in [1.29, 1.82) is 0 Å². The Balaban J connectivity index is 2.66. The summed E-state index contributed by atoms with van der Waals surface area (Å²) < 4.78 is 2.53. The van der Waals surface area contributed by atoms with Crippen molar-refractivity contribution >= 4 is 32.6 Å². The molecule has 74 valence electrons. The molecule has 0 bridgehead atoms. The van der Waals surface area contributed by atoms with Crippen molar-refractivity contribution < 1.29 is 0 Å². The highest BCUT2D eigenvalue weighted by molar-refractivity contribution is 9.10. The molecule has 0 aliphatic carbocycles. The van der Waals surface area contributed by atoms with E-state index >= 15 is 0 Å². The molecule has 4 nitrogen and oxygen atoms in total. The number of aromatic nitrogens is 3. The molecule has 3 heterocycles. The van der Waals surface area contributed by atoms with Crippen LogP contribution in [0.2, 0.25) is 0 Å². The van der Waals surface area contributed by atoms with E-state index < -0.39 is 0 Å². The average molecular weight is 264 g/mol. The van der Waals surface area contributed by atoms with Crippen LogP contribution in [-0.2, 0) is 0 Å². The Morgan fingerprint density at radius 3 is 3.00 bits per heavy atom. The van der Waals surface area contributed by atoms with E-state index in [9.17, 15) is 4.79 Å². The molecule has 3 aromatic rings. The van der Waals surface area contributed by atoms with E-state index in [0.717, 1.165) is 5.52 Å². The van der Waals surface area contributed by atoms with Crippen LogP contribution in [0.25, 0.3) is 16.7 Å². The minimum atomic E-state index is -0.127. The molecule has 0 amide bonds. The van der Waals surface area contributed by atoms with Gasteiger partial charge in [-0.15, -0.1) is 0 Å². The number of aromatic amines is 1. The van der Waals surface area contributed by atoms with E-state index in [1.54, 1.807) is 6.07 Å². The molecule has 0 saturated heterocycles. The third kappa shape index (κ3) is 1.20. The molecule has 15 heavy (non-hydrogen) atoms. The van der Waals surface area contributed by atoms with Gasteiger partial charge in [0.25, 0.3) is 5.56 Å². The standard InChI is InChI=1S/C10H6BrN3O/c11-8-4-3-6-9(12-8)13-10(15)7-2-1-5-14(6)7/h1-5H,(H,12,13,15). The molecular formula is C10H6BrN3O. The van der Waals surface area contributed by atoms with Crippen LogP contribution in [0.15, 0.2) is 39.9 Å². The maximum Gasteiger partial charge on any atom is 0.273 e. The molecular weight excluding hydrogens is 258 g/mol. The first kappa shape index (κ1) is 8.67. The van der Waals surface area contributed by atoms with Crippen LogP contribution in [0.1, 0.15) is 0 Å². The van der Waals surface area contributed by atoms with Crippen LogP contribution in [0, 0.1) is 0 Å². The van der Waals surface area contributed by atoms with Gasteiger partial charge >= 0.3 is 0 Å². The average Bonchev–Trinajstić information content (AvgIpc) is 2.66. The zero-order chi connectivity index (χ0) is 10.4. The van der Waals surface area contributed by atoms with E-state index in [0.29, 0.717) is 15.8 Å². The molecule has 0 spiro atoms. The minimum Gasteiger partial charge on any atom is -0.309 e. The van der Waals surface area contributed by atoms with Crippen molar-refractivity contribution in [1.82, 2.24) is 14.4 Å². The van der Waals surface area contributed by atoms with Gasteiger partial charge in [-0.2, -0.15) is 0 Å². The second kappa shape index (κ2) is 2.93. The molecule has 1 N–H and O–H groups in total. The van der Waals surface area contributed by atoms with Gasteiger partial charge in [0.2, 0.25) is 0 Å². The molecule has 3 aromatic heterocycles. The van der Waals surface area contributed by atoms with Crippen molar-refractivity contribution in [2.24, 2.45) is 0 Å². The fourth-order valence-electron chi connectivity index (χ4n) is 1.66. The van der Waals surface area contributed by atoms with E-state index in [4.69, 9.17) is 0 Å². The molecule has 0 atom stereocenters. The summed E-state index contributed by atoms with van der Waals surface area (Å²) in [6, 6.07) is 7.38.